The van der Waals surface area contributed by atoms with E-state index in [1.54, 1.807) is 12.4 Å². The van der Waals surface area contributed by atoms with Crippen molar-refractivity contribution in [3.05, 3.63) is 132 Å². The Morgan fingerprint density at radius 2 is 1.20 bits per heavy atom. The van der Waals surface area contributed by atoms with E-state index in [4.69, 9.17) is 5.10 Å². The lowest BCUT2D eigenvalue weighted by Gasteiger charge is -2.37. The number of rotatable bonds is 5. The first kappa shape index (κ1) is 18.3. The summed E-state index contributed by atoms with van der Waals surface area (Å²) >= 11 is 0. The average Bonchev–Trinajstić information content (AvgIpc) is 3.21. The summed E-state index contributed by atoms with van der Waals surface area (Å²) in [5.74, 6) is 0. The van der Waals surface area contributed by atoms with Gasteiger partial charge >= 0.3 is 0 Å². The summed E-state index contributed by atoms with van der Waals surface area (Å²) in [6.45, 7) is -0.149. The van der Waals surface area contributed by atoms with Gasteiger partial charge in [0.2, 0.25) is 0 Å². The first-order valence-electron chi connectivity index (χ1n) is 9.95. The van der Waals surface area contributed by atoms with E-state index < -0.39 is 5.54 Å². The molecule has 3 aromatic carbocycles. The van der Waals surface area contributed by atoms with Crippen molar-refractivity contribution < 1.29 is 5.11 Å². The molecule has 5 aromatic rings. The number of hydrogen-bond donors (Lipinski definition) is 1. The van der Waals surface area contributed by atoms with Crippen LogP contribution in [0.15, 0.2) is 109 Å². The minimum atomic E-state index is -0.712. The van der Waals surface area contributed by atoms with Gasteiger partial charge in [0.25, 0.3) is 0 Å². The van der Waals surface area contributed by atoms with Crippen LogP contribution < -0.4 is 0 Å². The molecule has 0 amide bonds. The number of benzene rings is 3. The molecule has 2 aromatic heterocycles. The first-order chi connectivity index (χ1) is 14.9. The van der Waals surface area contributed by atoms with E-state index in [1.807, 2.05) is 28.9 Å². The van der Waals surface area contributed by atoms with Crippen LogP contribution in [0.25, 0.3) is 10.9 Å². The SMILES string of the molecule is OCc1nn(C(c2ccccc2)(c2ccccc2)c2ccccc2)c2ccncc12. The van der Waals surface area contributed by atoms with Crippen LogP contribution in [0, 0.1) is 0 Å². The zero-order valence-electron chi connectivity index (χ0n) is 16.4. The zero-order chi connectivity index (χ0) is 20.4. The summed E-state index contributed by atoms with van der Waals surface area (Å²) in [6, 6.07) is 33.1. The molecular weight excluding hydrogens is 370 g/mol. The molecule has 0 fully saturated rings. The van der Waals surface area contributed by atoms with E-state index in [-0.39, 0.29) is 6.61 Å². The Bertz CT molecular complexity index is 1170. The van der Waals surface area contributed by atoms with Crippen LogP contribution in [0.2, 0.25) is 0 Å². The smallest absolute Gasteiger partial charge is 0.138 e. The van der Waals surface area contributed by atoms with E-state index in [9.17, 15) is 5.11 Å². The van der Waals surface area contributed by atoms with E-state index in [2.05, 4.69) is 77.8 Å². The molecule has 1 N–H and O–H groups in total. The highest BCUT2D eigenvalue weighted by Gasteiger charge is 2.40. The molecule has 0 radical (unpaired) electrons. The Balaban J connectivity index is 1.98. The third kappa shape index (κ3) is 2.73. The van der Waals surface area contributed by atoms with E-state index in [0.717, 1.165) is 27.6 Å². The third-order valence-corrected chi connectivity index (χ3v) is 5.60. The lowest BCUT2D eigenvalue weighted by atomic mass is 9.77. The fraction of sp³-hybridized carbons (Fsp3) is 0.0769. The number of aliphatic hydroxyl groups excluding tert-OH is 1. The Labute approximate surface area is 175 Å². The molecule has 0 saturated carbocycles. The van der Waals surface area contributed by atoms with Crippen LogP contribution in [0.4, 0.5) is 0 Å². The average molecular weight is 391 g/mol. The predicted octanol–water partition coefficient (Wildman–Crippen LogP) is 4.76. The molecule has 0 aliphatic carbocycles. The fourth-order valence-electron chi connectivity index (χ4n) is 4.30. The van der Waals surface area contributed by atoms with E-state index in [0.29, 0.717) is 5.69 Å². The van der Waals surface area contributed by atoms with Crippen molar-refractivity contribution in [3.63, 3.8) is 0 Å². The molecule has 0 atom stereocenters. The van der Waals surface area contributed by atoms with Gasteiger partial charge in [0.1, 0.15) is 5.54 Å². The number of aromatic nitrogens is 3. The molecule has 0 saturated heterocycles. The maximum Gasteiger partial charge on any atom is 0.138 e. The van der Waals surface area contributed by atoms with Crippen molar-refractivity contribution in [1.82, 2.24) is 14.8 Å². The summed E-state index contributed by atoms with van der Waals surface area (Å²) in [4.78, 5) is 4.27. The molecule has 0 bridgehead atoms. The molecule has 30 heavy (non-hydrogen) atoms. The molecule has 2 heterocycles. The number of aliphatic hydroxyl groups is 1. The van der Waals surface area contributed by atoms with Gasteiger partial charge in [0.15, 0.2) is 0 Å². The van der Waals surface area contributed by atoms with Crippen molar-refractivity contribution in [2.24, 2.45) is 0 Å². The summed E-state index contributed by atoms with van der Waals surface area (Å²) < 4.78 is 2.04. The summed E-state index contributed by atoms with van der Waals surface area (Å²) in [5.41, 5.74) is 4.10. The van der Waals surface area contributed by atoms with Gasteiger partial charge in [-0.25, -0.2) is 4.68 Å². The van der Waals surface area contributed by atoms with Crippen molar-refractivity contribution in [1.29, 1.82) is 0 Å². The second-order valence-electron chi connectivity index (χ2n) is 7.22. The Kier molecular flexibility index (Phi) is 4.62. The van der Waals surface area contributed by atoms with Gasteiger partial charge in [-0.1, -0.05) is 91.0 Å². The second kappa shape index (κ2) is 7.58. The van der Waals surface area contributed by atoms with Gasteiger partial charge in [-0.05, 0) is 22.8 Å². The van der Waals surface area contributed by atoms with Crippen LogP contribution in [-0.2, 0) is 12.1 Å². The standard InChI is InChI=1S/C26H21N3O/c30-19-24-23-18-27-17-16-25(23)29(28-24)26(20-10-4-1-5-11-20,21-12-6-2-7-13-21)22-14-8-3-9-15-22/h1-18,30H,19H2. The van der Waals surface area contributed by atoms with Crippen LogP contribution in [-0.4, -0.2) is 19.9 Å². The lowest BCUT2D eigenvalue weighted by molar-refractivity contribution is 0.275. The fourth-order valence-corrected chi connectivity index (χ4v) is 4.30. The molecule has 0 aliphatic heterocycles. The van der Waals surface area contributed by atoms with Gasteiger partial charge in [0, 0.05) is 17.8 Å². The quantitative estimate of drug-likeness (QED) is 0.439. The van der Waals surface area contributed by atoms with Gasteiger partial charge in [-0.3, -0.25) is 4.98 Å². The first-order valence-corrected chi connectivity index (χ1v) is 9.95. The number of fused-ring (bicyclic) bond motifs is 1. The minimum absolute atomic E-state index is 0.149. The van der Waals surface area contributed by atoms with E-state index in [1.165, 1.54) is 0 Å². The highest BCUT2D eigenvalue weighted by atomic mass is 16.3. The normalized spacial score (nSPS) is 11.6. The summed E-state index contributed by atoms with van der Waals surface area (Å²) in [5, 5.41) is 15.8. The largest absolute Gasteiger partial charge is 0.390 e. The molecule has 5 rings (SSSR count). The van der Waals surface area contributed by atoms with Gasteiger partial charge < -0.3 is 5.11 Å². The molecule has 0 spiro atoms. The maximum atomic E-state index is 10.0. The van der Waals surface area contributed by atoms with Crippen LogP contribution in [0.3, 0.4) is 0 Å². The van der Waals surface area contributed by atoms with Crippen LogP contribution >= 0.6 is 0 Å². The van der Waals surface area contributed by atoms with Gasteiger partial charge in [-0.2, -0.15) is 5.10 Å². The second-order valence-corrected chi connectivity index (χ2v) is 7.22. The molecule has 146 valence electrons. The number of nitrogens with zero attached hydrogens (tertiary/aromatic N) is 3. The zero-order valence-corrected chi connectivity index (χ0v) is 16.4. The van der Waals surface area contributed by atoms with Crippen molar-refractivity contribution in [3.8, 4) is 0 Å². The maximum absolute atomic E-state index is 10.0. The Hall–Kier alpha value is -3.76. The molecular formula is C26H21N3O. The van der Waals surface area contributed by atoms with Crippen molar-refractivity contribution >= 4 is 10.9 Å². The number of pyridine rings is 1. The topological polar surface area (TPSA) is 50.9 Å². The highest BCUT2D eigenvalue weighted by molar-refractivity contribution is 5.82. The van der Waals surface area contributed by atoms with Crippen LogP contribution in [0.5, 0.6) is 0 Å². The van der Waals surface area contributed by atoms with Crippen molar-refractivity contribution in [2.75, 3.05) is 0 Å². The monoisotopic (exact) mass is 391 g/mol. The molecule has 0 aliphatic rings. The third-order valence-electron chi connectivity index (χ3n) is 5.60. The van der Waals surface area contributed by atoms with Crippen LogP contribution in [0.1, 0.15) is 22.4 Å². The molecule has 0 unspecified atom stereocenters. The summed E-state index contributed by atoms with van der Waals surface area (Å²) in [7, 11) is 0. The summed E-state index contributed by atoms with van der Waals surface area (Å²) in [6.07, 6.45) is 3.55. The molecule has 4 nitrogen and oxygen atoms in total. The van der Waals surface area contributed by atoms with Gasteiger partial charge in [0.05, 0.1) is 17.8 Å². The number of hydrogen-bond acceptors (Lipinski definition) is 3. The molecule has 4 heteroatoms. The van der Waals surface area contributed by atoms with Gasteiger partial charge in [-0.15, -0.1) is 0 Å². The lowest BCUT2D eigenvalue weighted by Crippen LogP contribution is -2.38. The Morgan fingerprint density at radius 1 is 0.700 bits per heavy atom. The predicted molar refractivity (Wildman–Crippen MR) is 118 cm³/mol. The minimum Gasteiger partial charge on any atom is -0.390 e. The van der Waals surface area contributed by atoms with E-state index >= 15 is 0 Å². The van der Waals surface area contributed by atoms with Crippen molar-refractivity contribution in [2.45, 2.75) is 12.1 Å². The highest BCUT2D eigenvalue weighted by Crippen LogP contribution is 2.42. The Morgan fingerprint density at radius 3 is 1.67 bits per heavy atom.